The van der Waals surface area contributed by atoms with E-state index in [2.05, 4.69) is 65.5 Å². The van der Waals surface area contributed by atoms with Crippen molar-refractivity contribution in [3.05, 3.63) is 84.1 Å². The third-order valence-corrected chi connectivity index (χ3v) is 4.64. The van der Waals surface area contributed by atoms with Crippen molar-refractivity contribution in [2.45, 2.75) is 11.4 Å². The minimum Gasteiger partial charge on any atom is -0.204 e. The summed E-state index contributed by atoms with van der Waals surface area (Å²) in [6, 6.07) is 22.7. The van der Waals surface area contributed by atoms with Crippen molar-refractivity contribution in [2.24, 2.45) is 0 Å². The minimum absolute atomic E-state index is 0.786. The van der Waals surface area contributed by atoms with Crippen LogP contribution in [0.15, 0.2) is 84.0 Å². The van der Waals surface area contributed by atoms with E-state index in [0.717, 1.165) is 17.3 Å². The number of nitrogens with zero attached hydrogens (tertiary/aromatic N) is 1. The molecule has 110 valence electrons. The number of aryl methyl sites for hydroxylation is 1. The molecular weight excluding hydrogens is 310 g/mol. The predicted molar refractivity (Wildman–Crippen MR) is 94.2 cm³/mol. The van der Waals surface area contributed by atoms with E-state index in [9.17, 15) is 0 Å². The number of benzene rings is 2. The van der Waals surface area contributed by atoms with Crippen LogP contribution in [0.5, 0.6) is 0 Å². The molecule has 22 heavy (non-hydrogen) atoms. The second-order valence-electron chi connectivity index (χ2n) is 5.00. The fourth-order valence-electron chi connectivity index (χ4n) is 2.26. The van der Waals surface area contributed by atoms with Gasteiger partial charge in [-0.2, -0.15) is 0 Å². The molecule has 2 aromatic carbocycles. The fraction of sp³-hybridized carbons (Fsp3) is 0.105. The summed E-state index contributed by atoms with van der Waals surface area (Å²) in [6.07, 6.45) is 4.33. The maximum atomic E-state index is 5.90. The van der Waals surface area contributed by atoms with Crippen molar-refractivity contribution in [2.75, 3.05) is 5.75 Å². The monoisotopic (exact) mass is 326 g/mol. The summed E-state index contributed by atoms with van der Waals surface area (Å²) in [5.41, 5.74) is 2.50. The van der Waals surface area contributed by atoms with Crippen molar-refractivity contribution in [3.63, 3.8) is 0 Å². The van der Waals surface area contributed by atoms with Crippen molar-refractivity contribution < 1.29 is 4.57 Å². The molecule has 0 aliphatic rings. The average Bonchev–Trinajstić information content (AvgIpc) is 2.58. The van der Waals surface area contributed by atoms with E-state index in [1.54, 1.807) is 0 Å². The molecule has 3 aromatic rings. The van der Waals surface area contributed by atoms with Crippen LogP contribution in [-0.2, 0) is 6.54 Å². The lowest BCUT2D eigenvalue weighted by atomic mass is 10.1. The Balaban J connectivity index is 1.62. The normalized spacial score (nSPS) is 10.6. The van der Waals surface area contributed by atoms with Crippen LogP contribution in [0.3, 0.4) is 0 Å². The zero-order chi connectivity index (χ0) is 15.2. The predicted octanol–water partition coefficient (Wildman–Crippen LogP) is 5.09. The summed E-state index contributed by atoms with van der Waals surface area (Å²) in [7, 11) is 0. The van der Waals surface area contributed by atoms with Gasteiger partial charge in [-0.15, -0.1) is 11.8 Å². The first kappa shape index (κ1) is 15.1. The maximum Gasteiger partial charge on any atom is 0.176 e. The van der Waals surface area contributed by atoms with Gasteiger partial charge in [0.1, 0.15) is 0 Å². The molecular formula is C19H17ClNS+. The molecule has 0 saturated carbocycles. The van der Waals surface area contributed by atoms with Gasteiger partial charge in [0.15, 0.2) is 18.9 Å². The second kappa shape index (κ2) is 7.48. The van der Waals surface area contributed by atoms with Crippen molar-refractivity contribution in [3.8, 4) is 11.1 Å². The Hall–Kier alpha value is -1.77. The van der Waals surface area contributed by atoms with E-state index < -0.39 is 0 Å². The van der Waals surface area contributed by atoms with Gasteiger partial charge < -0.3 is 0 Å². The van der Waals surface area contributed by atoms with Crippen molar-refractivity contribution in [1.29, 1.82) is 0 Å². The summed E-state index contributed by atoms with van der Waals surface area (Å²) in [5, 5.41) is 0.786. The minimum atomic E-state index is 0.786. The number of thioether (sulfide) groups is 1. The smallest absolute Gasteiger partial charge is 0.176 e. The molecule has 0 atom stereocenters. The van der Waals surface area contributed by atoms with Crippen molar-refractivity contribution >= 4 is 23.4 Å². The molecule has 0 radical (unpaired) electrons. The Labute approximate surface area is 140 Å². The molecule has 1 nitrogen and oxygen atoms in total. The highest BCUT2D eigenvalue weighted by Crippen LogP contribution is 2.20. The number of aromatic nitrogens is 1. The quantitative estimate of drug-likeness (QED) is 0.466. The van der Waals surface area contributed by atoms with Gasteiger partial charge in [-0.1, -0.05) is 41.9 Å². The summed E-state index contributed by atoms with van der Waals surface area (Å²) < 4.78 is 2.24. The van der Waals surface area contributed by atoms with E-state index in [0.29, 0.717) is 0 Å². The van der Waals surface area contributed by atoms with Crippen LogP contribution in [-0.4, -0.2) is 5.75 Å². The van der Waals surface area contributed by atoms with Crippen LogP contribution in [0.4, 0.5) is 0 Å². The molecule has 0 N–H and O–H groups in total. The van der Waals surface area contributed by atoms with Crippen LogP contribution < -0.4 is 4.57 Å². The lowest BCUT2D eigenvalue weighted by Crippen LogP contribution is -2.34. The zero-order valence-electron chi connectivity index (χ0n) is 12.2. The molecule has 3 heteroatoms. The van der Waals surface area contributed by atoms with Gasteiger partial charge in [0.05, 0.1) is 5.75 Å². The van der Waals surface area contributed by atoms with Crippen molar-refractivity contribution in [1.82, 2.24) is 0 Å². The molecule has 1 aromatic heterocycles. The Bertz CT molecular complexity index is 726. The number of hydrogen-bond acceptors (Lipinski definition) is 1. The largest absolute Gasteiger partial charge is 0.204 e. The van der Waals surface area contributed by atoms with Gasteiger partial charge in [-0.3, -0.25) is 0 Å². The number of pyridine rings is 1. The molecule has 0 bridgehead atoms. The summed E-state index contributed by atoms with van der Waals surface area (Å²) >= 11 is 7.75. The Morgan fingerprint density at radius 3 is 2.32 bits per heavy atom. The second-order valence-corrected chi connectivity index (χ2v) is 6.60. The zero-order valence-corrected chi connectivity index (χ0v) is 13.7. The van der Waals surface area contributed by atoms with Crippen LogP contribution in [0, 0.1) is 0 Å². The van der Waals surface area contributed by atoms with Gasteiger partial charge in [0.2, 0.25) is 0 Å². The highest BCUT2D eigenvalue weighted by Gasteiger charge is 2.05. The molecule has 0 fully saturated rings. The highest BCUT2D eigenvalue weighted by molar-refractivity contribution is 7.99. The molecule has 0 amide bonds. The molecule has 1 heterocycles. The highest BCUT2D eigenvalue weighted by atomic mass is 35.5. The number of halogens is 1. The van der Waals surface area contributed by atoms with Gasteiger partial charge >= 0.3 is 0 Å². The van der Waals surface area contributed by atoms with Crippen LogP contribution in [0.1, 0.15) is 0 Å². The summed E-state index contributed by atoms with van der Waals surface area (Å²) in [6.45, 7) is 0.980. The summed E-state index contributed by atoms with van der Waals surface area (Å²) in [5.74, 6) is 1.03. The van der Waals surface area contributed by atoms with Gasteiger partial charge in [-0.05, 0) is 35.9 Å². The number of rotatable bonds is 5. The van der Waals surface area contributed by atoms with Crippen LogP contribution >= 0.6 is 23.4 Å². The molecule has 3 rings (SSSR count). The lowest BCUT2D eigenvalue weighted by molar-refractivity contribution is -0.691. The Morgan fingerprint density at radius 1 is 0.818 bits per heavy atom. The van der Waals surface area contributed by atoms with E-state index in [1.165, 1.54) is 16.0 Å². The Morgan fingerprint density at radius 2 is 1.55 bits per heavy atom. The van der Waals surface area contributed by atoms with Gasteiger partial charge in [-0.25, -0.2) is 4.57 Å². The van der Waals surface area contributed by atoms with E-state index in [1.807, 2.05) is 30.0 Å². The first-order chi connectivity index (χ1) is 10.8. The number of hydrogen-bond donors (Lipinski definition) is 0. The summed E-state index contributed by atoms with van der Waals surface area (Å²) in [4.78, 5) is 1.25. The van der Waals surface area contributed by atoms with E-state index in [4.69, 9.17) is 11.6 Å². The third-order valence-electron chi connectivity index (χ3n) is 3.40. The third kappa shape index (κ3) is 4.12. The van der Waals surface area contributed by atoms with Crippen LogP contribution in [0.25, 0.3) is 11.1 Å². The van der Waals surface area contributed by atoms with E-state index in [-0.39, 0.29) is 0 Å². The molecule has 0 spiro atoms. The van der Waals surface area contributed by atoms with Gasteiger partial charge in [0, 0.05) is 21.5 Å². The standard InChI is InChI=1S/C19H17ClNS/c20-18-8-10-19(11-9-18)22-14-13-21-12-4-7-17(15-21)16-5-2-1-3-6-16/h1-12,15H,13-14H2/q+1. The molecule has 0 aliphatic heterocycles. The topological polar surface area (TPSA) is 3.88 Å². The Kier molecular flexibility index (Phi) is 5.15. The lowest BCUT2D eigenvalue weighted by Gasteiger charge is -2.02. The van der Waals surface area contributed by atoms with E-state index >= 15 is 0 Å². The molecule has 0 aliphatic carbocycles. The van der Waals surface area contributed by atoms with Gasteiger partial charge in [0.25, 0.3) is 0 Å². The maximum absolute atomic E-state index is 5.90. The fourth-order valence-corrected chi connectivity index (χ4v) is 3.25. The SMILES string of the molecule is Clc1ccc(SCC[n+]2cccc(-c3ccccc3)c2)cc1. The first-order valence-corrected chi connectivity index (χ1v) is 8.60. The average molecular weight is 327 g/mol. The first-order valence-electron chi connectivity index (χ1n) is 7.24. The molecule has 0 unspecified atom stereocenters. The van der Waals surface area contributed by atoms with Crippen LogP contribution in [0.2, 0.25) is 5.02 Å². The molecule has 0 saturated heterocycles.